The minimum absolute atomic E-state index is 0.0130. The summed E-state index contributed by atoms with van der Waals surface area (Å²) in [5, 5.41) is 5.66. The Kier molecular flexibility index (Phi) is 37.1. The molecule has 0 aliphatic rings. The van der Waals surface area contributed by atoms with Gasteiger partial charge in [-0.25, -0.2) is 33.7 Å². The lowest BCUT2D eigenvalue weighted by molar-refractivity contribution is 0.481. The SMILES string of the molecule is O=S(=O)(Nc1cc(Cl)c(Oc2cnc3ccccc3c2)c(Cl)c1)c1ccc(Cl)cc1Cl.O=S(=O)(Nc1cc(Cl)c(Oc2cnc3ccccc3c2)c(Cl)c1)c1ccc(Cl)cc1Cl.O=S(=O)(Nc1cc(Cl)c(Oc2cnc3ccccc3c2)c(Cl)c1)c1ccc(Cl)cc1Cl.O=S(=O)(Nc1cc(Cl)c(Oc2cnc3ccccc3c2)c(Cl)c1)c1ccc(Cl)cc1Cl.O=S(=O)(O)c1ccccc1.O=S(=O)(O)c1ccccc1. The van der Waals surface area contributed by atoms with Gasteiger partial charge >= 0.3 is 0 Å². The molecule has 0 amide bonds. The summed E-state index contributed by atoms with van der Waals surface area (Å²) in [4.78, 5) is 16.6. The molecule has 0 spiro atoms. The van der Waals surface area contributed by atoms with E-state index in [4.69, 9.17) is 214 Å². The molecule has 14 aromatic carbocycles. The number of anilines is 4. The number of aromatic nitrogens is 4. The van der Waals surface area contributed by atoms with Crippen LogP contribution in [0.4, 0.5) is 22.7 Å². The lowest BCUT2D eigenvalue weighted by Gasteiger charge is -2.14. The van der Waals surface area contributed by atoms with Gasteiger partial charge in [-0.1, -0.05) is 295 Å². The number of nitrogens with one attached hydrogen (secondary N) is 4. The summed E-state index contributed by atoms with van der Waals surface area (Å²) >= 11 is 98.0. The van der Waals surface area contributed by atoms with E-state index >= 15 is 0 Å². The van der Waals surface area contributed by atoms with E-state index in [0.717, 1.165) is 43.6 Å². The largest absolute Gasteiger partial charge is 0.453 e. The molecule has 26 nitrogen and oxygen atoms in total. The van der Waals surface area contributed by atoms with Crippen LogP contribution < -0.4 is 37.8 Å². The fourth-order valence-corrected chi connectivity index (χ4v) is 23.1. The van der Waals surface area contributed by atoms with E-state index in [1.165, 1.54) is 146 Å². The number of nitrogens with zero attached hydrogens (tertiary/aromatic N) is 4. The van der Waals surface area contributed by atoms with E-state index in [2.05, 4.69) is 38.8 Å². The summed E-state index contributed by atoms with van der Waals surface area (Å²) in [6.07, 6.45) is 6.20. The molecule has 0 bridgehead atoms. The maximum atomic E-state index is 12.7. The summed E-state index contributed by atoms with van der Waals surface area (Å²) in [5.41, 5.74) is 3.84. The Morgan fingerprint density at radius 3 is 0.562 bits per heavy atom. The fraction of sp³-hybridized carbons (Fsp3) is 0. The molecule has 0 aliphatic carbocycles. The molecule has 0 atom stereocenters. The van der Waals surface area contributed by atoms with Crippen molar-refractivity contribution in [2.24, 2.45) is 0 Å². The Bertz CT molecular complexity index is 7670. The van der Waals surface area contributed by atoms with Crippen LogP contribution in [0, 0.1) is 0 Å². The monoisotopic (exact) mass is 2360 g/mol. The molecule has 18 aromatic rings. The van der Waals surface area contributed by atoms with Gasteiger partial charge in [-0.05, 0) is 194 Å². The number of sulfonamides is 4. The van der Waals surface area contributed by atoms with Crippen LogP contribution in [0.25, 0.3) is 43.6 Å². The van der Waals surface area contributed by atoms with Crippen molar-refractivity contribution in [3.05, 3.63) is 408 Å². The second-order valence-corrected chi connectivity index (χ2v) is 45.3. The van der Waals surface area contributed by atoms with Crippen LogP contribution in [0.1, 0.15) is 0 Å². The van der Waals surface area contributed by atoms with Gasteiger partial charge in [-0.3, -0.25) is 47.9 Å². The molecule has 4 aromatic heterocycles. The van der Waals surface area contributed by atoms with Gasteiger partial charge in [-0.15, -0.1) is 0 Å². The van der Waals surface area contributed by atoms with E-state index in [1.54, 1.807) is 85.5 Å². The van der Waals surface area contributed by atoms with E-state index in [0.29, 0.717) is 43.1 Å². The van der Waals surface area contributed by atoms with Crippen molar-refractivity contribution in [2.75, 3.05) is 18.9 Å². The predicted molar refractivity (Wildman–Crippen MR) is 575 cm³/mol. The summed E-state index contributed by atoms with van der Waals surface area (Å²) in [6.45, 7) is 0. The summed E-state index contributed by atoms with van der Waals surface area (Å²) in [7, 11) is -24.0. The van der Waals surface area contributed by atoms with Gasteiger partial charge in [-0.2, -0.15) is 16.8 Å². The van der Waals surface area contributed by atoms with Gasteiger partial charge in [0.05, 0.1) is 140 Å². The van der Waals surface area contributed by atoms with Gasteiger partial charge in [0.15, 0.2) is 23.0 Å². The molecule has 144 heavy (non-hydrogen) atoms. The van der Waals surface area contributed by atoms with Gasteiger partial charge in [0.25, 0.3) is 60.3 Å². The zero-order chi connectivity index (χ0) is 104. The molecule has 6 N–H and O–H groups in total. The highest BCUT2D eigenvalue weighted by Crippen LogP contribution is 2.46. The maximum Gasteiger partial charge on any atom is 0.294 e. The standard InChI is InChI=1S/4C21H12Cl4N2O3S.2C6H6O3S/c4*22-13-5-6-20(16(23)8-13)31(28,29)27-14-9-17(24)21(18(25)10-14)30-15-7-12-3-1-2-4-19(12)26-11-15;2*7-10(8,9)6-4-2-1-3-5-6/h4*1-11,27H;2*1-5H,(H,7,8,9). The molecule has 0 saturated carbocycles. The Hall–Kier alpha value is -10.6. The Morgan fingerprint density at radius 1 is 0.208 bits per heavy atom. The van der Waals surface area contributed by atoms with Crippen LogP contribution >= 0.6 is 186 Å². The van der Waals surface area contributed by atoms with Crippen LogP contribution in [-0.2, 0) is 60.3 Å². The third kappa shape index (κ3) is 29.9. The van der Waals surface area contributed by atoms with Crippen molar-refractivity contribution in [3.8, 4) is 46.0 Å². The third-order valence-corrected chi connectivity index (χ3v) is 31.3. The smallest absolute Gasteiger partial charge is 0.294 e. The Morgan fingerprint density at radius 2 is 0.389 bits per heavy atom. The molecule has 0 unspecified atom stereocenters. The summed E-state index contributed by atoms with van der Waals surface area (Å²) in [5.74, 6) is 2.43. The summed E-state index contributed by atoms with van der Waals surface area (Å²) < 4.78 is 193. The molecular weight excluding hydrogens is 2310 g/mol. The molecule has 0 saturated heterocycles. The number of hydrogen-bond acceptors (Lipinski definition) is 20. The molecule has 18 rings (SSSR count). The number of halogens is 16. The number of hydrogen-bond donors (Lipinski definition) is 6. The average molecular weight is 2370 g/mol. The average Bonchev–Trinajstić information content (AvgIpc) is 0.806. The number of benzene rings is 14. The topological polar surface area (TPSA) is 382 Å². The molecular formula is C96H60Cl16N8O18S6. The predicted octanol–water partition coefficient (Wildman–Crippen LogP) is 31.6. The molecule has 0 radical (unpaired) electrons. The zero-order valence-electron chi connectivity index (χ0n) is 71.9. The number of pyridine rings is 4. The number of ether oxygens (including phenoxy) is 4. The highest BCUT2D eigenvalue weighted by Gasteiger charge is 2.27. The Balaban J connectivity index is 0.000000151. The van der Waals surface area contributed by atoms with E-state index in [1.807, 2.05) is 97.1 Å². The van der Waals surface area contributed by atoms with Gasteiger partial charge < -0.3 is 18.9 Å². The first-order valence-corrected chi connectivity index (χ1v) is 55.0. The minimum Gasteiger partial charge on any atom is -0.453 e. The summed E-state index contributed by atoms with van der Waals surface area (Å²) in [6, 6.07) is 79.7. The minimum atomic E-state index is -4.00. The fourth-order valence-electron chi connectivity index (χ4n) is 12.6. The van der Waals surface area contributed by atoms with Crippen molar-refractivity contribution >= 4 is 312 Å². The van der Waals surface area contributed by atoms with Crippen molar-refractivity contribution in [3.63, 3.8) is 0 Å². The van der Waals surface area contributed by atoms with Crippen LogP contribution in [0.2, 0.25) is 80.4 Å². The van der Waals surface area contributed by atoms with Crippen molar-refractivity contribution in [1.29, 1.82) is 0 Å². The van der Waals surface area contributed by atoms with Crippen molar-refractivity contribution in [1.82, 2.24) is 19.9 Å². The molecule has 740 valence electrons. The van der Waals surface area contributed by atoms with Gasteiger partial charge in [0.1, 0.15) is 42.6 Å². The lowest BCUT2D eigenvalue weighted by atomic mass is 10.2. The van der Waals surface area contributed by atoms with E-state index in [9.17, 15) is 50.5 Å². The van der Waals surface area contributed by atoms with Crippen LogP contribution in [0.3, 0.4) is 0 Å². The number of rotatable bonds is 22. The first kappa shape index (κ1) is 111. The van der Waals surface area contributed by atoms with E-state index < -0.39 is 60.3 Å². The van der Waals surface area contributed by atoms with Crippen molar-refractivity contribution < 1.29 is 78.6 Å². The number of fused-ring (bicyclic) bond motifs is 4. The van der Waals surface area contributed by atoms with Crippen molar-refractivity contribution in [2.45, 2.75) is 29.4 Å². The Labute approximate surface area is 904 Å². The lowest BCUT2D eigenvalue weighted by Crippen LogP contribution is -2.13. The van der Waals surface area contributed by atoms with Gasteiger partial charge in [0, 0.05) is 41.6 Å². The number of para-hydroxylation sites is 4. The second kappa shape index (κ2) is 48.4. The molecule has 4 heterocycles. The van der Waals surface area contributed by atoms with Crippen LogP contribution in [0.5, 0.6) is 46.0 Å². The van der Waals surface area contributed by atoms with Gasteiger partial charge in [0.2, 0.25) is 0 Å². The normalized spacial score (nSPS) is 11.5. The molecule has 0 aliphatic heterocycles. The maximum absolute atomic E-state index is 12.7. The first-order valence-electron chi connectivity index (χ1n) is 40.2. The third-order valence-electron chi connectivity index (χ3n) is 19.0. The highest BCUT2D eigenvalue weighted by atomic mass is 35.5. The second-order valence-electron chi connectivity index (χ2n) is 29.2. The van der Waals surface area contributed by atoms with Crippen LogP contribution in [0.15, 0.2) is 357 Å². The quantitative estimate of drug-likeness (QED) is 0.0343. The first-order chi connectivity index (χ1) is 68.1. The molecule has 48 heteroatoms. The van der Waals surface area contributed by atoms with Crippen LogP contribution in [-0.4, -0.2) is 79.5 Å². The van der Waals surface area contributed by atoms with E-state index in [-0.39, 0.29) is 135 Å². The zero-order valence-corrected chi connectivity index (χ0v) is 88.9. The molecule has 0 fully saturated rings. The highest BCUT2D eigenvalue weighted by molar-refractivity contribution is 7.94.